The average molecular weight is 375 g/mol. The van der Waals surface area contributed by atoms with E-state index < -0.39 is 0 Å². The Morgan fingerprint density at radius 2 is 1.84 bits per heavy atom. The van der Waals surface area contributed by atoms with E-state index in [9.17, 15) is 0 Å². The summed E-state index contributed by atoms with van der Waals surface area (Å²) < 4.78 is 1.18. The monoisotopic (exact) mass is 375 g/mol. The van der Waals surface area contributed by atoms with Crippen LogP contribution in [0.15, 0.2) is 0 Å². The van der Waals surface area contributed by atoms with Crippen LogP contribution in [0.25, 0.3) is 0 Å². The largest absolute Gasteiger partial charge is 0.369 e. The van der Waals surface area contributed by atoms with E-state index in [1.54, 1.807) is 0 Å². The predicted octanol–water partition coefficient (Wildman–Crippen LogP) is 4.62. The molecule has 1 aromatic heterocycles. The molecule has 0 fully saturated rings. The number of aryl methyl sites for hydroxylation is 1. The van der Waals surface area contributed by atoms with E-state index >= 15 is 0 Å². The summed E-state index contributed by atoms with van der Waals surface area (Å²) in [5.41, 5.74) is 1.17. The fourth-order valence-corrected chi connectivity index (χ4v) is 2.84. The first-order valence-corrected chi connectivity index (χ1v) is 8.33. The number of aromatic nitrogens is 2. The zero-order valence-electron chi connectivity index (χ0n) is 12.8. The lowest BCUT2D eigenvalue weighted by Crippen LogP contribution is -2.12. The molecule has 1 aromatic rings. The predicted molar refractivity (Wildman–Crippen MR) is 90.8 cm³/mol. The Balaban J connectivity index is 3.00. The minimum Gasteiger partial charge on any atom is -0.369 e. The molecule has 0 saturated heterocycles. The number of rotatable bonds is 7. The Morgan fingerprint density at radius 3 is 2.37 bits per heavy atom. The fourth-order valence-electron chi connectivity index (χ4n) is 1.79. The Hall–Kier alpha value is -0.390. The molecule has 1 N–H and O–H groups in total. The Morgan fingerprint density at radius 1 is 1.16 bits per heavy atom. The van der Waals surface area contributed by atoms with Crippen LogP contribution in [0.3, 0.4) is 0 Å². The summed E-state index contributed by atoms with van der Waals surface area (Å²) in [6.45, 7) is 12.0. The van der Waals surface area contributed by atoms with Crippen molar-refractivity contribution in [2.45, 2.75) is 59.8 Å². The second kappa shape index (κ2) is 8.02. The molecule has 0 radical (unpaired) electrons. The van der Waals surface area contributed by atoms with Crippen molar-refractivity contribution in [3.63, 3.8) is 0 Å². The standard InChI is InChI=1S/C15H26IN3/c1-6-9-17-15-13(16)14(11(4)5)18-12(19-15)8-7-10(2)3/h10-11H,6-9H2,1-5H3,(H,17,18,19). The summed E-state index contributed by atoms with van der Waals surface area (Å²) in [4.78, 5) is 9.45. The molecule has 0 aliphatic rings. The van der Waals surface area contributed by atoms with Gasteiger partial charge >= 0.3 is 0 Å². The molecule has 19 heavy (non-hydrogen) atoms. The number of nitrogens with zero attached hydrogens (tertiary/aromatic N) is 2. The van der Waals surface area contributed by atoms with Crippen LogP contribution >= 0.6 is 22.6 Å². The first-order valence-electron chi connectivity index (χ1n) is 7.25. The minimum absolute atomic E-state index is 0.440. The maximum Gasteiger partial charge on any atom is 0.143 e. The maximum atomic E-state index is 4.75. The topological polar surface area (TPSA) is 37.8 Å². The molecule has 108 valence electrons. The van der Waals surface area contributed by atoms with Crippen LogP contribution in [-0.4, -0.2) is 16.5 Å². The van der Waals surface area contributed by atoms with Gasteiger partial charge in [0, 0.05) is 13.0 Å². The van der Waals surface area contributed by atoms with Crippen molar-refractivity contribution >= 4 is 28.4 Å². The lowest BCUT2D eigenvalue weighted by Gasteiger charge is -2.15. The fraction of sp³-hybridized carbons (Fsp3) is 0.733. The molecule has 0 aromatic carbocycles. The van der Waals surface area contributed by atoms with E-state index in [1.165, 1.54) is 9.26 Å². The molecule has 0 atom stereocenters. The van der Waals surface area contributed by atoms with Gasteiger partial charge in [-0.25, -0.2) is 9.97 Å². The molecule has 1 heterocycles. The zero-order valence-corrected chi connectivity index (χ0v) is 14.9. The van der Waals surface area contributed by atoms with Crippen molar-refractivity contribution in [2.75, 3.05) is 11.9 Å². The van der Waals surface area contributed by atoms with Crippen molar-refractivity contribution in [2.24, 2.45) is 5.92 Å². The molecular weight excluding hydrogens is 349 g/mol. The number of hydrogen-bond donors (Lipinski definition) is 1. The summed E-state index contributed by atoms with van der Waals surface area (Å²) in [5.74, 6) is 3.13. The van der Waals surface area contributed by atoms with Gasteiger partial charge in [-0.1, -0.05) is 34.6 Å². The highest BCUT2D eigenvalue weighted by Gasteiger charge is 2.14. The van der Waals surface area contributed by atoms with Crippen LogP contribution in [0.5, 0.6) is 0 Å². The minimum atomic E-state index is 0.440. The van der Waals surface area contributed by atoms with Crippen LogP contribution in [-0.2, 0) is 6.42 Å². The molecular formula is C15H26IN3. The molecule has 0 spiro atoms. The van der Waals surface area contributed by atoms with Gasteiger partial charge in [0.2, 0.25) is 0 Å². The maximum absolute atomic E-state index is 4.75. The number of hydrogen-bond acceptors (Lipinski definition) is 3. The van der Waals surface area contributed by atoms with Crippen molar-refractivity contribution < 1.29 is 0 Å². The van der Waals surface area contributed by atoms with Gasteiger partial charge in [-0.2, -0.15) is 0 Å². The molecule has 0 unspecified atom stereocenters. The van der Waals surface area contributed by atoms with E-state index in [1.807, 2.05) is 0 Å². The van der Waals surface area contributed by atoms with Gasteiger partial charge in [0.25, 0.3) is 0 Å². The summed E-state index contributed by atoms with van der Waals surface area (Å²) in [5, 5.41) is 3.43. The smallest absolute Gasteiger partial charge is 0.143 e. The normalized spacial score (nSPS) is 11.4. The van der Waals surface area contributed by atoms with E-state index in [-0.39, 0.29) is 0 Å². The number of nitrogens with one attached hydrogen (secondary N) is 1. The van der Waals surface area contributed by atoms with Crippen LogP contribution < -0.4 is 5.32 Å². The molecule has 0 amide bonds. The highest BCUT2D eigenvalue weighted by Crippen LogP contribution is 2.25. The van der Waals surface area contributed by atoms with Crippen molar-refractivity contribution in [3.8, 4) is 0 Å². The lowest BCUT2D eigenvalue weighted by atomic mass is 10.1. The molecule has 3 nitrogen and oxygen atoms in total. The number of halogens is 1. The SMILES string of the molecule is CCCNc1nc(CCC(C)C)nc(C(C)C)c1I. The van der Waals surface area contributed by atoms with Gasteiger partial charge < -0.3 is 5.32 Å². The Kier molecular flexibility index (Phi) is 7.04. The van der Waals surface area contributed by atoms with E-state index in [0.717, 1.165) is 37.4 Å². The van der Waals surface area contributed by atoms with E-state index in [0.29, 0.717) is 11.8 Å². The highest BCUT2D eigenvalue weighted by atomic mass is 127. The third-order valence-electron chi connectivity index (χ3n) is 2.96. The Bertz CT molecular complexity index is 403. The van der Waals surface area contributed by atoms with Crippen molar-refractivity contribution in [1.29, 1.82) is 0 Å². The molecule has 0 saturated carbocycles. The van der Waals surface area contributed by atoms with Gasteiger partial charge in [-0.3, -0.25) is 0 Å². The Labute approximate surface area is 131 Å². The summed E-state index contributed by atoms with van der Waals surface area (Å²) in [6, 6.07) is 0. The highest BCUT2D eigenvalue weighted by molar-refractivity contribution is 14.1. The number of anilines is 1. The third kappa shape index (κ3) is 5.24. The van der Waals surface area contributed by atoms with E-state index in [4.69, 9.17) is 9.97 Å². The van der Waals surface area contributed by atoms with Crippen LogP contribution in [0.2, 0.25) is 0 Å². The molecule has 0 bridgehead atoms. The van der Waals surface area contributed by atoms with Crippen molar-refractivity contribution in [3.05, 3.63) is 15.1 Å². The van der Waals surface area contributed by atoms with Gasteiger partial charge in [-0.05, 0) is 47.3 Å². The second-order valence-electron chi connectivity index (χ2n) is 5.70. The van der Waals surface area contributed by atoms with Crippen molar-refractivity contribution in [1.82, 2.24) is 9.97 Å². The molecule has 0 aliphatic heterocycles. The van der Waals surface area contributed by atoms with Crippen LogP contribution in [0, 0.1) is 9.49 Å². The lowest BCUT2D eigenvalue weighted by molar-refractivity contribution is 0.572. The average Bonchev–Trinajstić information content (AvgIpc) is 2.35. The molecule has 1 rings (SSSR count). The van der Waals surface area contributed by atoms with Gasteiger partial charge in [-0.15, -0.1) is 0 Å². The quantitative estimate of drug-likeness (QED) is 0.707. The third-order valence-corrected chi connectivity index (χ3v) is 4.02. The first kappa shape index (κ1) is 16.7. The van der Waals surface area contributed by atoms with Gasteiger partial charge in [0.15, 0.2) is 0 Å². The summed E-state index contributed by atoms with van der Waals surface area (Å²) >= 11 is 2.37. The first-order chi connectivity index (χ1) is 8.95. The molecule has 4 heteroatoms. The molecule has 0 aliphatic carbocycles. The van der Waals surface area contributed by atoms with Gasteiger partial charge in [0.1, 0.15) is 11.6 Å². The van der Waals surface area contributed by atoms with Crippen LogP contribution in [0.4, 0.5) is 5.82 Å². The second-order valence-corrected chi connectivity index (χ2v) is 6.78. The summed E-state index contributed by atoms with van der Waals surface area (Å²) in [7, 11) is 0. The zero-order chi connectivity index (χ0) is 14.4. The van der Waals surface area contributed by atoms with Gasteiger partial charge in [0.05, 0.1) is 9.26 Å². The van der Waals surface area contributed by atoms with E-state index in [2.05, 4.69) is 62.5 Å². The van der Waals surface area contributed by atoms with Crippen LogP contribution in [0.1, 0.15) is 64.9 Å². The summed E-state index contributed by atoms with van der Waals surface area (Å²) in [6.07, 6.45) is 3.22.